The fraction of sp³-hybridized carbons (Fsp3) is 0.444. The van der Waals surface area contributed by atoms with Crippen LogP contribution in [0.2, 0.25) is 0 Å². The third-order valence-electron chi connectivity index (χ3n) is 1.74. The number of alkyl halides is 3. The summed E-state index contributed by atoms with van der Waals surface area (Å²) in [5, 5.41) is 11.1. The summed E-state index contributed by atoms with van der Waals surface area (Å²) >= 11 is 0. The summed E-state index contributed by atoms with van der Waals surface area (Å²) in [6.07, 6.45) is -6.98. The minimum atomic E-state index is -4.60. The van der Waals surface area contributed by atoms with Gasteiger partial charge in [0, 0.05) is 5.69 Å². The summed E-state index contributed by atoms with van der Waals surface area (Å²) in [5.41, 5.74) is 0.696. The van der Waals surface area contributed by atoms with E-state index in [1.807, 2.05) is 0 Å². The molecule has 0 bridgehead atoms. The third-order valence-corrected chi connectivity index (χ3v) is 1.74. The van der Waals surface area contributed by atoms with Crippen molar-refractivity contribution in [2.45, 2.75) is 19.2 Å². The molecule has 0 aromatic carbocycles. The van der Waals surface area contributed by atoms with E-state index in [9.17, 15) is 13.2 Å². The van der Waals surface area contributed by atoms with E-state index in [1.165, 1.54) is 6.07 Å². The number of aliphatic hydroxyl groups is 1. The first-order chi connectivity index (χ1) is 6.89. The Kier molecular flexibility index (Phi) is 3.52. The molecule has 0 saturated heterocycles. The fourth-order valence-corrected chi connectivity index (χ4v) is 0.958. The van der Waals surface area contributed by atoms with Gasteiger partial charge in [-0.25, -0.2) is 4.98 Å². The van der Waals surface area contributed by atoms with Crippen LogP contribution in [0, 0.1) is 6.92 Å². The Hall–Kier alpha value is -1.30. The van der Waals surface area contributed by atoms with E-state index < -0.39 is 18.8 Å². The summed E-state index contributed by atoms with van der Waals surface area (Å²) in [5.74, 6) is 0.318. The number of anilines is 1. The Balaban J connectivity index is 2.51. The predicted octanol–water partition coefficient (Wildman–Crippen LogP) is 1.73. The molecule has 2 N–H and O–H groups in total. The van der Waals surface area contributed by atoms with Crippen LogP contribution in [0.5, 0.6) is 0 Å². The maximum Gasteiger partial charge on any atom is 0.416 e. The van der Waals surface area contributed by atoms with Crippen LogP contribution in [0.25, 0.3) is 0 Å². The topological polar surface area (TPSA) is 45.1 Å². The lowest BCUT2D eigenvalue weighted by Gasteiger charge is -2.15. The molecule has 1 rings (SSSR count). The highest BCUT2D eigenvalue weighted by Gasteiger charge is 2.37. The number of hydrogen-bond acceptors (Lipinski definition) is 3. The largest absolute Gasteiger partial charge is 0.416 e. The lowest BCUT2D eigenvalue weighted by atomic mass is 10.3. The van der Waals surface area contributed by atoms with E-state index in [-0.39, 0.29) is 0 Å². The van der Waals surface area contributed by atoms with Crippen LogP contribution in [0.1, 0.15) is 5.69 Å². The molecule has 0 fully saturated rings. The molecule has 15 heavy (non-hydrogen) atoms. The van der Waals surface area contributed by atoms with Crippen molar-refractivity contribution in [3.63, 3.8) is 0 Å². The number of nitrogens with zero attached hydrogens (tertiary/aromatic N) is 1. The van der Waals surface area contributed by atoms with Crippen LogP contribution in [0.4, 0.5) is 19.0 Å². The number of halogens is 3. The predicted molar refractivity (Wildman–Crippen MR) is 49.5 cm³/mol. The lowest BCUT2D eigenvalue weighted by Crippen LogP contribution is -2.35. The first kappa shape index (κ1) is 11.8. The molecule has 1 unspecified atom stereocenters. The van der Waals surface area contributed by atoms with Crippen molar-refractivity contribution in [2.24, 2.45) is 0 Å². The van der Waals surface area contributed by atoms with Gasteiger partial charge in [0.2, 0.25) is 0 Å². The molecule has 3 nitrogen and oxygen atoms in total. The molecule has 84 valence electrons. The highest BCUT2D eigenvalue weighted by molar-refractivity contribution is 5.35. The van der Waals surface area contributed by atoms with Gasteiger partial charge in [-0.15, -0.1) is 0 Å². The summed E-state index contributed by atoms with van der Waals surface area (Å²) in [4.78, 5) is 3.94. The van der Waals surface area contributed by atoms with Crippen LogP contribution >= 0.6 is 0 Å². The Morgan fingerprint density at radius 2 is 2.13 bits per heavy atom. The van der Waals surface area contributed by atoms with Crippen molar-refractivity contribution in [1.29, 1.82) is 0 Å². The van der Waals surface area contributed by atoms with Gasteiger partial charge in [-0.1, -0.05) is 6.07 Å². The molecule has 0 radical (unpaired) electrons. The zero-order valence-corrected chi connectivity index (χ0v) is 8.04. The SMILES string of the molecule is Cc1cccc(NCC(O)C(F)(F)F)n1. The number of pyridine rings is 1. The van der Waals surface area contributed by atoms with Crippen molar-refractivity contribution in [1.82, 2.24) is 4.98 Å². The molecule has 0 saturated carbocycles. The second kappa shape index (κ2) is 4.48. The van der Waals surface area contributed by atoms with E-state index in [2.05, 4.69) is 10.3 Å². The van der Waals surface area contributed by atoms with Gasteiger partial charge in [0.25, 0.3) is 0 Å². The molecule has 0 spiro atoms. The average Bonchev–Trinajstić information content (AvgIpc) is 2.12. The van der Waals surface area contributed by atoms with Crippen LogP contribution in [-0.2, 0) is 0 Å². The third kappa shape index (κ3) is 3.75. The quantitative estimate of drug-likeness (QED) is 0.815. The normalized spacial score (nSPS) is 13.7. The van der Waals surface area contributed by atoms with Crippen LogP contribution in [0.3, 0.4) is 0 Å². The van der Waals surface area contributed by atoms with E-state index in [0.717, 1.165) is 0 Å². The smallest absolute Gasteiger partial charge is 0.382 e. The van der Waals surface area contributed by atoms with Crippen LogP contribution in [-0.4, -0.2) is 28.9 Å². The molecule has 1 aromatic rings. The highest BCUT2D eigenvalue weighted by atomic mass is 19.4. The van der Waals surface area contributed by atoms with Gasteiger partial charge in [0.05, 0.1) is 6.54 Å². The molecule has 1 heterocycles. The van der Waals surface area contributed by atoms with Gasteiger partial charge >= 0.3 is 6.18 Å². The number of nitrogens with one attached hydrogen (secondary N) is 1. The van der Waals surface area contributed by atoms with Gasteiger partial charge in [0.15, 0.2) is 6.10 Å². The molecule has 1 atom stereocenters. The Labute approximate surface area is 85.0 Å². The van der Waals surface area contributed by atoms with Gasteiger partial charge in [-0.3, -0.25) is 0 Å². The Bertz CT molecular complexity index is 327. The summed E-state index contributed by atoms with van der Waals surface area (Å²) in [7, 11) is 0. The maximum absolute atomic E-state index is 11.9. The Morgan fingerprint density at radius 3 is 2.67 bits per heavy atom. The van der Waals surface area contributed by atoms with Gasteiger partial charge < -0.3 is 10.4 Å². The van der Waals surface area contributed by atoms with Crippen molar-refractivity contribution in [2.75, 3.05) is 11.9 Å². The van der Waals surface area contributed by atoms with Gasteiger partial charge in [-0.2, -0.15) is 13.2 Å². The highest BCUT2D eigenvalue weighted by Crippen LogP contribution is 2.20. The zero-order chi connectivity index (χ0) is 11.5. The van der Waals surface area contributed by atoms with Crippen LogP contribution in [0.15, 0.2) is 18.2 Å². The van der Waals surface area contributed by atoms with Crippen LogP contribution < -0.4 is 5.32 Å². The van der Waals surface area contributed by atoms with Crippen molar-refractivity contribution in [3.05, 3.63) is 23.9 Å². The summed E-state index contributed by atoms with van der Waals surface area (Å²) in [6.45, 7) is 1.13. The zero-order valence-electron chi connectivity index (χ0n) is 8.04. The fourth-order valence-electron chi connectivity index (χ4n) is 0.958. The van der Waals surface area contributed by atoms with Crippen molar-refractivity contribution < 1.29 is 18.3 Å². The van der Waals surface area contributed by atoms with E-state index >= 15 is 0 Å². The molecular formula is C9H11F3N2O. The molecule has 0 aliphatic heterocycles. The minimum Gasteiger partial charge on any atom is -0.382 e. The van der Waals surface area contributed by atoms with Gasteiger partial charge in [-0.05, 0) is 19.1 Å². The first-order valence-corrected chi connectivity index (χ1v) is 4.32. The second-order valence-corrected chi connectivity index (χ2v) is 3.10. The number of aromatic nitrogens is 1. The first-order valence-electron chi connectivity index (χ1n) is 4.32. The molecule has 6 heteroatoms. The number of aliphatic hydroxyl groups excluding tert-OH is 1. The van der Waals surface area contributed by atoms with Gasteiger partial charge in [0.1, 0.15) is 5.82 Å². The minimum absolute atomic E-state index is 0.318. The number of hydrogen-bond donors (Lipinski definition) is 2. The number of rotatable bonds is 3. The molecule has 0 amide bonds. The summed E-state index contributed by atoms with van der Waals surface area (Å²) in [6, 6.07) is 4.94. The monoisotopic (exact) mass is 220 g/mol. The van der Waals surface area contributed by atoms with E-state index in [0.29, 0.717) is 11.5 Å². The second-order valence-electron chi connectivity index (χ2n) is 3.10. The molecular weight excluding hydrogens is 209 g/mol. The van der Waals surface area contributed by atoms with E-state index in [4.69, 9.17) is 5.11 Å². The average molecular weight is 220 g/mol. The molecule has 0 aliphatic carbocycles. The van der Waals surface area contributed by atoms with E-state index in [1.54, 1.807) is 19.1 Å². The lowest BCUT2D eigenvalue weighted by molar-refractivity contribution is -0.198. The van der Waals surface area contributed by atoms with Crippen molar-refractivity contribution in [3.8, 4) is 0 Å². The summed E-state index contributed by atoms with van der Waals surface area (Å²) < 4.78 is 35.8. The molecule has 0 aliphatic rings. The van der Waals surface area contributed by atoms with Crippen molar-refractivity contribution >= 4 is 5.82 Å². The standard InChI is InChI=1S/C9H11F3N2O/c1-6-3-2-4-8(14-6)13-5-7(15)9(10,11)12/h2-4,7,15H,5H2,1H3,(H,13,14). The molecule has 1 aromatic heterocycles. The number of aryl methyl sites for hydroxylation is 1. The Morgan fingerprint density at radius 1 is 1.47 bits per heavy atom. The maximum atomic E-state index is 11.9.